The minimum Gasteiger partial charge on any atom is -0.317 e. The van der Waals surface area contributed by atoms with Gasteiger partial charge in [-0.3, -0.25) is 0 Å². The van der Waals surface area contributed by atoms with Crippen molar-refractivity contribution in [2.75, 3.05) is 6.54 Å². The molecule has 124 valence electrons. The predicted molar refractivity (Wildman–Crippen MR) is 91.0 cm³/mol. The minimum atomic E-state index is -5.00. The van der Waals surface area contributed by atoms with Gasteiger partial charge in [0.05, 0.1) is 8.07 Å². The van der Waals surface area contributed by atoms with E-state index in [1.165, 1.54) is 5.19 Å². The lowest BCUT2D eigenvalue weighted by Crippen LogP contribution is -2.37. The summed E-state index contributed by atoms with van der Waals surface area (Å²) in [6.07, 6.45) is 0.377. The van der Waals surface area contributed by atoms with Gasteiger partial charge in [0.1, 0.15) is 0 Å². The van der Waals surface area contributed by atoms with Crippen molar-refractivity contribution in [3.8, 4) is 0 Å². The van der Waals surface area contributed by atoms with Gasteiger partial charge in [-0.2, -0.15) is 14.7 Å². The Balaban J connectivity index is 2.90. The molecule has 0 saturated heterocycles. The lowest BCUT2D eigenvalue weighted by atomic mass is 10.1. The Bertz CT molecular complexity index is 602. The summed E-state index contributed by atoms with van der Waals surface area (Å²) in [5.41, 5.74) is 0.937. The molecular weight excluding hydrogens is 344 g/mol. The molecule has 10 heteroatoms. The average molecular weight is 366 g/mol. The smallest absolute Gasteiger partial charge is 0.317 e. The zero-order valence-corrected chi connectivity index (χ0v) is 15.5. The van der Waals surface area contributed by atoms with Crippen molar-refractivity contribution in [1.82, 2.24) is 0 Å². The minimum absolute atomic E-state index is 0.0565. The number of hydrogen-bond acceptors (Lipinski definition) is 5. The molecule has 0 aliphatic heterocycles. The van der Waals surface area contributed by atoms with E-state index in [1.54, 1.807) is 0 Å². The summed E-state index contributed by atoms with van der Waals surface area (Å²) in [6.45, 7) is 6.56. The normalized spacial score (nSPS) is 14.3. The van der Waals surface area contributed by atoms with E-state index in [4.69, 9.17) is 24.5 Å². The maximum atomic E-state index is 11.1. The standard InChI is InChI=1S/C12H21NO6P2Si/c1-22(2,3)11-6-4-5-10(9-11)7-8-13-12(20(14,15)16)21(17,18)19/h4-6,9,14-16H,7-8H2,1-3H3,(H-,17,18,19)/p+1. The Hall–Kier alpha value is -0.433. The molecule has 22 heavy (non-hydrogen) atoms. The summed E-state index contributed by atoms with van der Waals surface area (Å²) < 4.78 is 11.1. The van der Waals surface area contributed by atoms with E-state index >= 15 is 0 Å². The molecule has 0 unspecified atom stereocenters. The van der Waals surface area contributed by atoms with Crippen LogP contribution in [0.3, 0.4) is 0 Å². The van der Waals surface area contributed by atoms with Crippen LogP contribution in [0.5, 0.6) is 0 Å². The Morgan fingerprint density at radius 1 is 1.23 bits per heavy atom. The van der Waals surface area contributed by atoms with Crippen LogP contribution in [0.4, 0.5) is 0 Å². The first kappa shape index (κ1) is 19.6. The lowest BCUT2D eigenvalue weighted by Gasteiger charge is -2.17. The first-order valence-electron chi connectivity index (χ1n) is 6.59. The zero-order valence-electron chi connectivity index (χ0n) is 12.7. The molecule has 5 N–H and O–H groups in total. The first-order chi connectivity index (χ1) is 9.82. The Morgan fingerprint density at radius 2 is 1.82 bits per heavy atom. The van der Waals surface area contributed by atoms with Crippen LogP contribution in [0.25, 0.3) is 0 Å². The fourth-order valence-corrected chi connectivity index (χ4v) is 5.03. The highest BCUT2D eigenvalue weighted by Crippen LogP contribution is 2.60. The number of nitrogens with zero attached hydrogens (tertiary/aromatic N) is 1. The largest absolute Gasteiger partial charge is 0.469 e. The molecule has 0 heterocycles. The van der Waals surface area contributed by atoms with E-state index in [2.05, 4.69) is 24.6 Å². The molecule has 0 spiro atoms. The monoisotopic (exact) mass is 366 g/mol. The maximum absolute atomic E-state index is 11.1. The molecule has 0 radical (unpaired) electrons. The molecule has 0 aliphatic carbocycles. The third-order valence-corrected chi connectivity index (χ3v) is 7.95. The van der Waals surface area contributed by atoms with Crippen molar-refractivity contribution in [1.29, 1.82) is 0 Å². The van der Waals surface area contributed by atoms with E-state index < -0.39 is 28.8 Å². The molecule has 0 bridgehead atoms. The van der Waals surface area contributed by atoms with Crippen LogP contribution in [0.2, 0.25) is 19.6 Å². The van der Waals surface area contributed by atoms with E-state index in [0.29, 0.717) is 6.42 Å². The summed E-state index contributed by atoms with van der Waals surface area (Å²) >= 11 is 0. The van der Waals surface area contributed by atoms with Crippen LogP contribution >= 0.6 is 15.5 Å². The van der Waals surface area contributed by atoms with Gasteiger partial charge in [-0.1, -0.05) is 49.1 Å². The molecule has 0 aromatic heterocycles. The number of benzene rings is 1. The molecule has 0 amide bonds. The van der Waals surface area contributed by atoms with Crippen molar-refractivity contribution in [2.45, 2.75) is 26.1 Å². The summed E-state index contributed by atoms with van der Waals surface area (Å²) in [7, 11) is -11.3. The highest BCUT2D eigenvalue weighted by molar-refractivity contribution is 8.00. The van der Waals surface area contributed by atoms with E-state index in [-0.39, 0.29) is 6.54 Å². The summed E-state index contributed by atoms with van der Waals surface area (Å²) in [4.78, 5) is 48.7. The fourth-order valence-electron chi connectivity index (χ4n) is 1.84. The van der Waals surface area contributed by atoms with Gasteiger partial charge in [0, 0.05) is 6.54 Å². The van der Waals surface area contributed by atoms with Crippen molar-refractivity contribution in [3.05, 3.63) is 29.8 Å². The van der Waals surface area contributed by atoms with E-state index in [9.17, 15) is 4.57 Å². The fraction of sp³-hybridized carbons (Fsp3) is 0.417. The second kappa shape index (κ2) is 6.99. The van der Waals surface area contributed by atoms with Gasteiger partial charge in [-0.15, -0.1) is 0 Å². The number of aliphatic imine (C=N–C) groups is 1. The molecule has 1 aromatic carbocycles. The van der Waals surface area contributed by atoms with Gasteiger partial charge in [0.2, 0.25) is 0 Å². The Kier molecular flexibility index (Phi) is 6.23. The lowest BCUT2D eigenvalue weighted by molar-refractivity contribution is 0.348. The highest BCUT2D eigenvalue weighted by atomic mass is 31.3. The van der Waals surface area contributed by atoms with Gasteiger partial charge in [-0.25, -0.2) is 9.56 Å². The number of rotatable bonds is 6. The van der Waals surface area contributed by atoms with Gasteiger partial charge >= 0.3 is 20.7 Å². The Morgan fingerprint density at radius 3 is 2.27 bits per heavy atom. The molecular formula is C12H22NO6P2Si+. The van der Waals surface area contributed by atoms with Crippen LogP contribution in [0.1, 0.15) is 5.56 Å². The summed E-state index contributed by atoms with van der Waals surface area (Å²) in [5, 5.41) is 0.0128. The molecule has 1 rings (SSSR count). The third kappa shape index (κ3) is 5.99. The van der Waals surface area contributed by atoms with E-state index in [1.807, 2.05) is 24.3 Å². The van der Waals surface area contributed by atoms with Gasteiger partial charge < -0.3 is 9.79 Å². The zero-order chi connectivity index (χ0) is 17.2. The summed E-state index contributed by atoms with van der Waals surface area (Å²) in [5.74, 6) is 0. The van der Waals surface area contributed by atoms with Crippen molar-refractivity contribution < 1.29 is 29.0 Å². The third-order valence-electron chi connectivity index (χ3n) is 2.98. The van der Waals surface area contributed by atoms with Crippen molar-refractivity contribution in [3.63, 3.8) is 0 Å². The average Bonchev–Trinajstić information content (AvgIpc) is 2.31. The summed E-state index contributed by atoms with van der Waals surface area (Å²) in [6, 6.07) is 7.86. The van der Waals surface area contributed by atoms with Gasteiger partial charge in [0.15, 0.2) is 0 Å². The van der Waals surface area contributed by atoms with Crippen LogP contribution in [-0.4, -0.2) is 44.3 Å². The van der Waals surface area contributed by atoms with Crippen LogP contribution < -0.4 is 5.19 Å². The molecule has 1 aromatic rings. The van der Waals surface area contributed by atoms with E-state index in [0.717, 1.165) is 5.56 Å². The first-order valence-corrected chi connectivity index (χ1v) is 13.4. The molecule has 7 nitrogen and oxygen atoms in total. The second-order valence-electron chi connectivity index (χ2n) is 5.99. The van der Waals surface area contributed by atoms with Crippen molar-refractivity contribution >= 4 is 34.0 Å². The second-order valence-corrected chi connectivity index (χ2v) is 14.5. The number of hydrogen-bond donors (Lipinski definition) is 5. The maximum Gasteiger partial charge on any atom is 0.469 e. The SMILES string of the molecule is C[Si](C)(C)c1cccc(CCN=C(P(=O)(O)O)[P+](O)(O)O)c1. The quantitative estimate of drug-likeness (QED) is 0.291. The highest BCUT2D eigenvalue weighted by Gasteiger charge is 2.51. The van der Waals surface area contributed by atoms with Crippen molar-refractivity contribution in [2.24, 2.45) is 4.99 Å². The molecule has 0 saturated carbocycles. The van der Waals surface area contributed by atoms with Crippen LogP contribution in [0.15, 0.2) is 29.3 Å². The van der Waals surface area contributed by atoms with Crippen LogP contribution in [0, 0.1) is 0 Å². The van der Waals surface area contributed by atoms with Gasteiger partial charge in [-0.05, 0) is 12.0 Å². The topological polar surface area (TPSA) is 131 Å². The molecule has 0 aliphatic rings. The molecule has 0 atom stereocenters. The molecule has 0 fully saturated rings. The predicted octanol–water partition coefficient (Wildman–Crippen LogP) is 1.05. The van der Waals surface area contributed by atoms with Gasteiger partial charge in [0.25, 0.3) is 0 Å². The Labute approximate surface area is 131 Å². The van der Waals surface area contributed by atoms with Crippen LogP contribution in [-0.2, 0) is 11.0 Å².